The molecule has 1 aromatic rings. The highest BCUT2D eigenvalue weighted by molar-refractivity contribution is 5.91. The van der Waals surface area contributed by atoms with Crippen LogP contribution < -0.4 is 10.6 Å². The third kappa shape index (κ3) is 6.36. The van der Waals surface area contributed by atoms with Gasteiger partial charge >= 0.3 is 0 Å². The zero-order valence-corrected chi connectivity index (χ0v) is 14.1. The van der Waals surface area contributed by atoms with Gasteiger partial charge in [-0.2, -0.15) is 0 Å². The molecule has 1 amide bonds. The maximum Gasteiger partial charge on any atom is 0.271 e. The van der Waals surface area contributed by atoms with Crippen molar-refractivity contribution in [2.45, 2.75) is 32.1 Å². The van der Waals surface area contributed by atoms with Crippen molar-refractivity contribution in [1.82, 2.24) is 20.2 Å². The molecule has 6 heteroatoms. The Kier molecular flexibility index (Phi) is 7.00. The Morgan fingerprint density at radius 3 is 2.74 bits per heavy atom. The lowest BCUT2D eigenvalue weighted by Gasteiger charge is -2.13. The predicted molar refractivity (Wildman–Crippen MR) is 92.6 cm³/mol. The Labute approximate surface area is 138 Å². The first-order valence-electron chi connectivity index (χ1n) is 8.32. The van der Waals surface area contributed by atoms with Crippen LogP contribution in [0.3, 0.4) is 0 Å². The number of carbonyl (C=O) groups is 1. The van der Waals surface area contributed by atoms with Gasteiger partial charge in [0, 0.05) is 19.6 Å². The maximum absolute atomic E-state index is 11.9. The summed E-state index contributed by atoms with van der Waals surface area (Å²) in [5.74, 6) is 0.532. The average molecular weight is 317 g/mol. The second-order valence-electron chi connectivity index (χ2n) is 6.13. The van der Waals surface area contributed by atoms with Crippen molar-refractivity contribution in [2.24, 2.45) is 0 Å². The number of amides is 1. The molecule has 0 unspecified atom stereocenters. The number of carbonyl (C=O) groups excluding carboxylic acids is 1. The van der Waals surface area contributed by atoms with Crippen LogP contribution in [-0.4, -0.2) is 54.5 Å². The van der Waals surface area contributed by atoms with Crippen LogP contribution in [0.1, 0.15) is 42.6 Å². The molecule has 1 aromatic heterocycles. The minimum absolute atomic E-state index is 0.182. The van der Waals surface area contributed by atoms with Gasteiger partial charge in [0.2, 0.25) is 0 Å². The van der Waals surface area contributed by atoms with E-state index >= 15 is 0 Å². The fraction of sp³-hybridized carbons (Fsp3) is 0.588. The summed E-state index contributed by atoms with van der Waals surface area (Å²) in [6.07, 6.45) is 11.6. The van der Waals surface area contributed by atoms with Crippen LogP contribution in [-0.2, 0) is 0 Å². The molecule has 1 aliphatic carbocycles. The smallest absolute Gasteiger partial charge is 0.271 e. The van der Waals surface area contributed by atoms with Gasteiger partial charge in [0.25, 0.3) is 5.91 Å². The highest BCUT2D eigenvalue weighted by atomic mass is 16.1. The van der Waals surface area contributed by atoms with Crippen LogP contribution in [0.5, 0.6) is 0 Å². The first kappa shape index (κ1) is 17.4. The van der Waals surface area contributed by atoms with E-state index in [9.17, 15) is 4.79 Å². The summed E-state index contributed by atoms with van der Waals surface area (Å²) in [6.45, 7) is 2.26. The van der Waals surface area contributed by atoms with Crippen LogP contribution >= 0.6 is 0 Å². The topological polar surface area (TPSA) is 70.2 Å². The number of hydrogen-bond acceptors (Lipinski definition) is 5. The molecule has 23 heavy (non-hydrogen) atoms. The SMILES string of the molecule is CN(C)CCNC(=O)c1cnc(NCCC2=CCCCC2)cn1. The third-order valence-electron chi connectivity index (χ3n) is 3.87. The van der Waals surface area contributed by atoms with Gasteiger partial charge in [-0.25, -0.2) is 9.97 Å². The van der Waals surface area contributed by atoms with Gasteiger partial charge in [0.1, 0.15) is 11.5 Å². The number of likely N-dealkylation sites (N-methyl/N-ethyl adjacent to an activating group) is 1. The molecule has 1 heterocycles. The maximum atomic E-state index is 11.9. The summed E-state index contributed by atoms with van der Waals surface area (Å²) in [5, 5.41) is 6.09. The Bertz CT molecular complexity index is 524. The molecule has 2 N–H and O–H groups in total. The van der Waals surface area contributed by atoms with E-state index < -0.39 is 0 Å². The normalized spacial score (nSPS) is 14.5. The number of anilines is 1. The van der Waals surface area contributed by atoms with Crippen LogP contribution in [0.4, 0.5) is 5.82 Å². The standard InChI is InChI=1S/C17H27N5O/c1-22(2)11-10-19-17(23)15-12-21-16(13-20-15)18-9-8-14-6-4-3-5-7-14/h6,12-13H,3-5,7-11H2,1-2H3,(H,18,21)(H,19,23). The summed E-state index contributed by atoms with van der Waals surface area (Å²) in [7, 11) is 3.94. The van der Waals surface area contributed by atoms with E-state index in [4.69, 9.17) is 0 Å². The van der Waals surface area contributed by atoms with E-state index in [1.165, 1.54) is 37.5 Å². The third-order valence-corrected chi connectivity index (χ3v) is 3.87. The Hall–Kier alpha value is -1.95. The molecule has 2 rings (SSSR count). The zero-order chi connectivity index (χ0) is 16.5. The monoisotopic (exact) mass is 317 g/mol. The quantitative estimate of drug-likeness (QED) is 0.718. The summed E-state index contributed by atoms with van der Waals surface area (Å²) in [5.41, 5.74) is 1.89. The molecule has 0 aromatic carbocycles. The van der Waals surface area contributed by atoms with Crippen molar-refractivity contribution >= 4 is 11.7 Å². The van der Waals surface area contributed by atoms with Gasteiger partial charge in [0.15, 0.2) is 0 Å². The van der Waals surface area contributed by atoms with Gasteiger partial charge in [-0.1, -0.05) is 11.6 Å². The van der Waals surface area contributed by atoms with E-state index in [0.717, 1.165) is 19.5 Å². The largest absolute Gasteiger partial charge is 0.368 e. The second-order valence-corrected chi connectivity index (χ2v) is 6.13. The Morgan fingerprint density at radius 1 is 1.22 bits per heavy atom. The van der Waals surface area contributed by atoms with E-state index in [1.54, 1.807) is 6.20 Å². The van der Waals surface area contributed by atoms with Crippen molar-refractivity contribution in [2.75, 3.05) is 39.0 Å². The first-order valence-corrected chi connectivity index (χ1v) is 8.32. The minimum atomic E-state index is -0.182. The average Bonchev–Trinajstić information content (AvgIpc) is 2.56. The lowest BCUT2D eigenvalue weighted by molar-refractivity contribution is 0.0945. The number of hydrogen-bond donors (Lipinski definition) is 2. The molecular formula is C17H27N5O. The highest BCUT2D eigenvalue weighted by Gasteiger charge is 2.08. The summed E-state index contributed by atoms with van der Waals surface area (Å²) in [4.78, 5) is 22.4. The molecule has 1 aliphatic rings. The first-order chi connectivity index (χ1) is 11.1. The van der Waals surface area contributed by atoms with Crippen molar-refractivity contribution < 1.29 is 4.79 Å². The minimum Gasteiger partial charge on any atom is -0.368 e. The van der Waals surface area contributed by atoms with Gasteiger partial charge in [-0.15, -0.1) is 0 Å². The summed E-state index contributed by atoms with van der Waals surface area (Å²) >= 11 is 0. The second kappa shape index (κ2) is 9.25. The highest BCUT2D eigenvalue weighted by Crippen LogP contribution is 2.19. The number of allylic oxidation sites excluding steroid dienone is 1. The van der Waals surface area contributed by atoms with Gasteiger partial charge in [-0.05, 0) is 46.2 Å². The molecule has 0 saturated carbocycles. The van der Waals surface area contributed by atoms with Crippen LogP contribution in [0.15, 0.2) is 24.0 Å². The molecule has 0 spiro atoms. The Balaban J connectivity index is 1.73. The van der Waals surface area contributed by atoms with E-state index in [0.29, 0.717) is 18.1 Å². The van der Waals surface area contributed by atoms with Crippen molar-refractivity contribution in [1.29, 1.82) is 0 Å². The number of nitrogens with one attached hydrogen (secondary N) is 2. The van der Waals surface area contributed by atoms with Crippen molar-refractivity contribution in [3.8, 4) is 0 Å². The number of rotatable bonds is 8. The molecule has 0 atom stereocenters. The van der Waals surface area contributed by atoms with E-state index in [2.05, 4.69) is 26.7 Å². The fourth-order valence-corrected chi connectivity index (χ4v) is 2.50. The molecule has 126 valence electrons. The molecular weight excluding hydrogens is 290 g/mol. The van der Waals surface area contributed by atoms with E-state index in [1.807, 2.05) is 19.0 Å². The summed E-state index contributed by atoms with van der Waals surface area (Å²) in [6, 6.07) is 0. The molecule has 6 nitrogen and oxygen atoms in total. The molecule has 0 bridgehead atoms. The van der Waals surface area contributed by atoms with Crippen LogP contribution in [0.25, 0.3) is 0 Å². The molecule has 0 radical (unpaired) electrons. The molecule has 0 saturated heterocycles. The van der Waals surface area contributed by atoms with Gasteiger partial charge in [0.05, 0.1) is 12.4 Å². The Morgan fingerprint density at radius 2 is 2.09 bits per heavy atom. The molecule has 0 aliphatic heterocycles. The lowest BCUT2D eigenvalue weighted by Crippen LogP contribution is -2.31. The van der Waals surface area contributed by atoms with E-state index in [-0.39, 0.29) is 5.91 Å². The van der Waals surface area contributed by atoms with Crippen molar-refractivity contribution in [3.05, 3.63) is 29.7 Å². The fourth-order valence-electron chi connectivity index (χ4n) is 2.50. The lowest BCUT2D eigenvalue weighted by atomic mass is 9.97. The summed E-state index contributed by atoms with van der Waals surface area (Å²) < 4.78 is 0. The molecule has 0 fully saturated rings. The van der Waals surface area contributed by atoms with Crippen molar-refractivity contribution in [3.63, 3.8) is 0 Å². The zero-order valence-electron chi connectivity index (χ0n) is 14.1. The van der Waals surface area contributed by atoms with Gasteiger partial charge in [-0.3, -0.25) is 4.79 Å². The number of nitrogens with zero attached hydrogens (tertiary/aromatic N) is 3. The van der Waals surface area contributed by atoms with Crippen LogP contribution in [0, 0.1) is 0 Å². The van der Waals surface area contributed by atoms with Crippen LogP contribution in [0.2, 0.25) is 0 Å². The number of aromatic nitrogens is 2. The predicted octanol–water partition coefficient (Wildman–Crippen LogP) is 2.07. The van der Waals surface area contributed by atoms with Gasteiger partial charge < -0.3 is 15.5 Å².